The molecule has 0 radical (unpaired) electrons. The smallest absolute Gasteiger partial charge is 0.123 e. The molecule has 1 heterocycles. The Morgan fingerprint density at radius 3 is 2.38 bits per heavy atom. The topological polar surface area (TPSA) is 23.5 Å². The lowest BCUT2D eigenvalue weighted by Gasteiger charge is -2.35. The predicted molar refractivity (Wildman–Crippen MR) is 61.5 cm³/mol. The molecular weight excluding hydrogens is 205 g/mol. The van der Waals surface area contributed by atoms with Gasteiger partial charge in [-0.25, -0.2) is 4.39 Å². The third kappa shape index (κ3) is 3.03. The van der Waals surface area contributed by atoms with E-state index >= 15 is 0 Å². The molecule has 1 saturated heterocycles. The minimum absolute atomic E-state index is 0.190. The molecule has 0 bridgehead atoms. The van der Waals surface area contributed by atoms with Gasteiger partial charge in [0.1, 0.15) is 5.82 Å². The van der Waals surface area contributed by atoms with Gasteiger partial charge in [-0.2, -0.15) is 0 Å². The summed E-state index contributed by atoms with van der Waals surface area (Å²) in [5.41, 5.74) is 0.627. The lowest BCUT2D eigenvalue weighted by molar-refractivity contribution is -0.00730. The average Bonchev–Trinajstić information content (AvgIpc) is 2.24. The van der Waals surface area contributed by atoms with Crippen LogP contribution >= 0.6 is 0 Å². The highest BCUT2D eigenvalue weighted by Crippen LogP contribution is 2.22. The number of benzene rings is 1. The van der Waals surface area contributed by atoms with Crippen molar-refractivity contribution < 1.29 is 9.50 Å². The molecule has 2 rings (SSSR count). The summed E-state index contributed by atoms with van der Waals surface area (Å²) in [6.45, 7) is 4.55. The van der Waals surface area contributed by atoms with Crippen LogP contribution in [0.25, 0.3) is 0 Å². The maximum absolute atomic E-state index is 12.7. The molecule has 1 fully saturated rings. The second kappa shape index (κ2) is 4.52. The van der Waals surface area contributed by atoms with E-state index in [-0.39, 0.29) is 5.82 Å². The number of piperidine rings is 1. The lowest BCUT2D eigenvalue weighted by Crippen LogP contribution is -2.41. The van der Waals surface area contributed by atoms with Crippen molar-refractivity contribution >= 4 is 0 Å². The lowest BCUT2D eigenvalue weighted by atomic mass is 9.93. The van der Waals surface area contributed by atoms with E-state index < -0.39 is 5.60 Å². The van der Waals surface area contributed by atoms with Crippen molar-refractivity contribution in [3.05, 3.63) is 35.6 Å². The summed E-state index contributed by atoms with van der Waals surface area (Å²) < 4.78 is 12.7. The SMILES string of the molecule is CC1(O)CCN(Cc2ccc(F)cc2)CC1. The van der Waals surface area contributed by atoms with Gasteiger partial charge in [0.05, 0.1) is 5.60 Å². The maximum Gasteiger partial charge on any atom is 0.123 e. The number of nitrogens with zero attached hydrogens (tertiary/aromatic N) is 1. The van der Waals surface area contributed by atoms with Gasteiger partial charge in [-0.3, -0.25) is 4.90 Å². The summed E-state index contributed by atoms with van der Waals surface area (Å²) in [7, 11) is 0. The van der Waals surface area contributed by atoms with Gasteiger partial charge < -0.3 is 5.11 Å². The zero-order valence-electron chi connectivity index (χ0n) is 9.62. The van der Waals surface area contributed by atoms with Crippen molar-refractivity contribution in [1.29, 1.82) is 0 Å². The standard InChI is InChI=1S/C13H18FNO/c1-13(16)6-8-15(9-7-13)10-11-2-4-12(14)5-3-11/h2-5,16H,6-10H2,1H3. The molecule has 1 aliphatic rings. The van der Waals surface area contributed by atoms with Crippen molar-refractivity contribution in [1.82, 2.24) is 4.90 Å². The number of aliphatic hydroxyl groups is 1. The first-order valence-electron chi connectivity index (χ1n) is 5.74. The van der Waals surface area contributed by atoms with Crippen LogP contribution in [0.4, 0.5) is 4.39 Å². The summed E-state index contributed by atoms with van der Waals surface area (Å²) in [4.78, 5) is 2.30. The minimum atomic E-state index is -0.501. The van der Waals surface area contributed by atoms with E-state index in [1.54, 1.807) is 0 Å². The first-order chi connectivity index (χ1) is 7.55. The summed E-state index contributed by atoms with van der Waals surface area (Å²) >= 11 is 0. The molecule has 1 aliphatic heterocycles. The molecule has 1 aromatic carbocycles. The van der Waals surface area contributed by atoms with Crippen molar-refractivity contribution in [3.8, 4) is 0 Å². The van der Waals surface area contributed by atoms with E-state index in [0.717, 1.165) is 38.0 Å². The largest absolute Gasteiger partial charge is 0.390 e. The van der Waals surface area contributed by atoms with E-state index in [9.17, 15) is 9.50 Å². The molecule has 16 heavy (non-hydrogen) atoms. The highest BCUT2D eigenvalue weighted by molar-refractivity contribution is 5.16. The Labute approximate surface area is 95.7 Å². The normalized spacial score (nSPS) is 20.9. The highest BCUT2D eigenvalue weighted by Gasteiger charge is 2.26. The van der Waals surface area contributed by atoms with E-state index in [2.05, 4.69) is 4.90 Å². The van der Waals surface area contributed by atoms with Crippen LogP contribution < -0.4 is 0 Å². The molecule has 1 aromatic rings. The summed E-state index contributed by atoms with van der Waals surface area (Å²) in [6.07, 6.45) is 1.63. The second-order valence-corrected chi connectivity index (χ2v) is 4.90. The van der Waals surface area contributed by atoms with Crippen LogP contribution in [0.15, 0.2) is 24.3 Å². The molecule has 0 aliphatic carbocycles. The molecule has 0 unspecified atom stereocenters. The van der Waals surface area contributed by atoms with Gasteiger partial charge >= 0.3 is 0 Å². The molecule has 0 amide bonds. The van der Waals surface area contributed by atoms with Gasteiger partial charge in [-0.1, -0.05) is 12.1 Å². The van der Waals surface area contributed by atoms with Crippen molar-refractivity contribution in [3.63, 3.8) is 0 Å². The molecule has 3 heteroatoms. The highest BCUT2D eigenvalue weighted by atomic mass is 19.1. The fourth-order valence-electron chi connectivity index (χ4n) is 2.04. The van der Waals surface area contributed by atoms with Gasteiger partial charge in [0.25, 0.3) is 0 Å². The van der Waals surface area contributed by atoms with Crippen LogP contribution in [0.1, 0.15) is 25.3 Å². The van der Waals surface area contributed by atoms with Crippen molar-refractivity contribution in [2.45, 2.75) is 31.9 Å². The Morgan fingerprint density at radius 1 is 1.25 bits per heavy atom. The quantitative estimate of drug-likeness (QED) is 0.830. The zero-order valence-corrected chi connectivity index (χ0v) is 9.62. The van der Waals surface area contributed by atoms with E-state index in [1.807, 2.05) is 19.1 Å². The van der Waals surface area contributed by atoms with Crippen LogP contribution in [-0.4, -0.2) is 28.7 Å². The summed E-state index contributed by atoms with van der Waals surface area (Å²) in [6, 6.07) is 6.63. The Kier molecular flexibility index (Phi) is 3.26. The number of hydrogen-bond acceptors (Lipinski definition) is 2. The van der Waals surface area contributed by atoms with Crippen LogP contribution in [0.5, 0.6) is 0 Å². The van der Waals surface area contributed by atoms with Gasteiger partial charge in [-0.05, 0) is 37.5 Å². The van der Waals surface area contributed by atoms with Crippen LogP contribution in [0, 0.1) is 5.82 Å². The van der Waals surface area contributed by atoms with E-state index in [4.69, 9.17) is 0 Å². The average molecular weight is 223 g/mol. The third-order valence-corrected chi connectivity index (χ3v) is 3.25. The summed E-state index contributed by atoms with van der Waals surface area (Å²) in [5.74, 6) is -0.190. The fourth-order valence-corrected chi connectivity index (χ4v) is 2.04. The molecule has 0 spiro atoms. The molecule has 2 nitrogen and oxygen atoms in total. The van der Waals surface area contributed by atoms with Crippen molar-refractivity contribution in [2.24, 2.45) is 0 Å². The monoisotopic (exact) mass is 223 g/mol. The summed E-state index contributed by atoms with van der Waals surface area (Å²) in [5, 5.41) is 9.82. The number of hydrogen-bond donors (Lipinski definition) is 1. The second-order valence-electron chi connectivity index (χ2n) is 4.90. The first-order valence-corrected chi connectivity index (χ1v) is 5.74. The number of likely N-dealkylation sites (tertiary alicyclic amines) is 1. The Balaban J connectivity index is 1.89. The van der Waals surface area contributed by atoms with Gasteiger partial charge in [0.2, 0.25) is 0 Å². The Bertz CT molecular complexity index is 337. The molecule has 88 valence electrons. The van der Waals surface area contributed by atoms with Gasteiger partial charge in [0.15, 0.2) is 0 Å². The Morgan fingerprint density at radius 2 is 1.81 bits per heavy atom. The Hall–Kier alpha value is -0.930. The third-order valence-electron chi connectivity index (χ3n) is 3.25. The molecule has 0 aromatic heterocycles. The van der Waals surface area contributed by atoms with Crippen molar-refractivity contribution in [2.75, 3.05) is 13.1 Å². The maximum atomic E-state index is 12.7. The predicted octanol–water partition coefficient (Wildman–Crippen LogP) is 2.17. The minimum Gasteiger partial charge on any atom is -0.390 e. The van der Waals surface area contributed by atoms with Gasteiger partial charge in [0, 0.05) is 19.6 Å². The first kappa shape index (κ1) is 11.6. The number of rotatable bonds is 2. The zero-order chi connectivity index (χ0) is 11.6. The molecule has 1 N–H and O–H groups in total. The molecule has 0 saturated carbocycles. The van der Waals surface area contributed by atoms with Gasteiger partial charge in [-0.15, -0.1) is 0 Å². The number of halogens is 1. The van der Waals surface area contributed by atoms with Crippen LogP contribution in [-0.2, 0) is 6.54 Å². The van der Waals surface area contributed by atoms with Crippen LogP contribution in [0.2, 0.25) is 0 Å². The van der Waals surface area contributed by atoms with Crippen LogP contribution in [0.3, 0.4) is 0 Å². The van der Waals surface area contributed by atoms with E-state index in [0.29, 0.717) is 0 Å². The fraction of sp³-hybridized carbons (Fsp3) is 0.538. The molecular formula is C13H18FNO. The van der Waals surface area contributed by atoms with E-state index in [1.165, 1.54) is 12.1 Å². The molecule has 0 atom stereocenters.